The predicted octanol–water partition coefficient (Wildman–Crippen LogP) is 6.82. The fraction of sp³-hybridized carbons (Fsp3) is 0.378. The van der Waals surface area contributed by atoms with Crippen LogP contribution in [0.3, 0.4) is 0 Å². The number of carbonyl (C=O) groups excluding carboxylic acids is 1. The largest absolute Gasteiger partial charge is 0.465 e. The monoisotopic (exact) mass is 639 g/mol. The number of amides is 2. The number of imidazole rings is 1. The molecule has 1 N–H and O–H groups in total. The van der Waals surface area contributed by atoms with Crippen molar-refractivity contribution in [2.24, 2.45) is 0 Å². The van der Waals surface area contributed by atoms with Gasteiger partial charge in [-0.3, -0.25) is 9.69 Å². The van der Waals surface area contributed by atoms with Crippen molar-refractivity contribution in [3.63, 3.8) is 0 Å². The van der Waals surface area contributed by atoms with Crippen LogP contribution in [0.25, 0.3) is 11.3 Å². The van der Waals surface area contributed by atoms with Crippen LogP contribution < -0.4 is 0 Å². The van der Waals surface area contributed by atoms with Crippen LogP contribution in [-0.2, 0) is 13.0 Å². The molecule has 240 valence electrons. The molecule has 4 aromatic rings. The Bertz CT molecular complexity index is 1580. The molecule has 0 radical (unpaired) electrons. The van der Waals surface area contributed by atoms with Gasteiger partial charge in [-0.05, 0) is 30.4 Å². The van der Waals surface area contributed by atoms with E-state index in [9.17, 15) is 14.7 Å². The highest BCUT2D eigenvalue weighted by molar-refractivity contribution is 6.18. The molecular formula is C37H42ClN5O3. The number of benzene rings is 3. The van der Waals surface area contributed by atoms with Gasteiger partial charge in [-0.15, -0.1) is 11.6 Å². The Morgan fingerprint density at radius 1 is 0.870 bits per heavy atom. The van der Waals surface area contributed by atoms with Crippen LogP contribution in [0.5, 0.6) is 0 Å². The quantitative estimate of drug-likeness (QED) is 0.193. The molecule has 1 saturated carbocycles. The normalized spacial score (nSPS) is 20.4. The highest BCUT2D eigenvalue weighted by atomic mass is 35.5. The lowest BCUT2D eigenvalue weighted by molar-refractivity contribution is 0.0434. The van der Waals surface area contributed by atoms with Crippen molar-refractivity contribution in [1.29, 1.82) is 0 Å². The molecular weight excluding hydrogens is 598 g/mol. The molecule has 3 aromatic carbocycles. The van der Waals surface area contributed by atoms with Crippen molar-refractivity contribution in [2.75, 3.05) is 32.1 Å². The summed E-state index contributed by atoms with van der Waals surface area (Å²) in [7, 11) is 0. The molecule has 2 aliphatic rings. The molecule has 0 bridgehead atoms. The van der Waals surface area contributed by atoms with Crippen LogP contribution in [0.4, 0.5) is 4.79 Å². The number of piperazine rings is 1. The third-order valence-corrected chi connectivity index (χ3v) is 9.63. The van der Waals surface area contributed by atoms with E-state index in [1.54, 1.807) is 6.33 Å². The van der Waals surface area contributed by atoms with Gasteiger partial charge in [-0.1, -0.05) is 104 Å². The second kappa shape index (κ2) is 15.0. The molecule has 6 rings (SSSR count). The molecule has 46 heavy (non-hydrogen) atoms. The highest BCUT2D eigenvalue weighted by Crippen LogP contribution is 2.37. The number of aromatic nitrogens is 2. The van der Waals surface area contributed by atoms with Crippen LogP contribution in [0, 0.1) is 0 Å². The summed E-state index contributed by atoms with van der Waals surface area (Å²) < 4.78 is 2.08. The first-order valence-corrected chi connectivity index (χ1v) is 16.9. The van der Waals surface area contributed by atoms with Gasteiger partial charge in [-0.2, -0.15) is 0 Å². The van der Waals surface area contributed by atoms with Gasteiger partial charge in [-0.25, -0.2) is 9.78 Å². The van der Waals surface area contributed by atoms with Crippen molar-refractivity contribution in [3.8, 4) is 11.3 Å². The van der Waals surface area contributed by atoms with Crippen molar-refractivity contribution in [3.05, 3.63) is 114 Å². The zero-order valence-electron chi connectivity index (χ0n) is 26.1. The average Bonchev–Trinajstić information content (AvgIpc) is 3.53. The summed E-state index contributed by atoms with van der Waals surface area (Å²) >= 11 is 6.06. The molecule has 2 heterocycles. The number of hydrogen-bond acceptors (Lipinski definition) is 4. The topological polar surface area (TPSA) is 81.9 Å². The number of halogens is 1. The molecule has 1 aliphatic carbocycles. The number of rotatable bonds is 10. The van der Waals surface area contributed by atoms with Gasteiger partial charge in [0.25, 0.3) is 5.91 Å². The molecule has 1 aromatic heterocycles. The van der Waals surface area contributed by atoms with Gasteiger partial charge in [0.2, 0.25) is 0 Å². The zero-order chi connectivity index (χ0) is 31.9. The number of nitrogens with zero attached hydrogens (tertiary/aromatic N) is 5. The Labute approximate surface area is 276 Å². The van der Waals surface area contributed by atoms with E-state index in [1.807, 2.05) is 59.5 Å². The first-order valence-electron chi connectivity index (χ1n) is 16.3. The zero-order valence-corrected chi connectivity index (χ0v) is 26.9. The van der Waals surface area contributed by atoms with E-state index in [-0.39, 0.29) is 36.5 Å². The third kappa shape index (κ3) is 7.13. The number of carboxylic acid groups (broad SMARTS) is 1. The first kappa shape index (κ1) is 31.8. The van der Waals surface area contributed by atoms with Crippen molar-refractivity contribution >= 4 is 23.6 Å². The Morgan fingerprint density at radius 2 is 1.52 bits per heavy atom. The number of carbonyl (C=O) groups is 2. The summed E-state index contributed by atoms with van der Waals surface area (Å²) in [5, 5.41) is 10.1. The van der Waals surface area contributed by atoms with Gasteiger partial charge in [0.05, 0.1) is 24.1 Å². The lowest BCUT2D eigenvalue weighted by Crippen LogP contribution is -2.55. The minimum Gasteiger partial charge on any atom is -0.465 e. The minimum absolute atomic E-state index is 0.0326. The molecule has 1 aliphatic heterocycles. The summed E-state index contributed by atoms with van der Waals surface area (Å²) in [6.07, 6.45) is 5.01. The Kier molecular flexibility index (Phi) is 10.4. The van der Waals surface area contributed by atoms with Crippen LogP contribution >= 0.6 is 11.6 Å². The standard InChI is InChI=1S/C37H42ClN5O3/c38-20-21-42(37(45)46)32-18-10-11-19-33(32)43-27-39-34(35(43)30-16-8-3-9-17-30)36(44)41-23-22-40(25-29-14-6-2-7-15-29)26-31(41)24-28-12-4-1-5-13-28/h1-9,12-17,27,31-33H,10-11,18-26H2,(H,45,46)/t31-,32+,33+/m1/s1. The van der Waals surface area contributed by atoms with E-state index in [2.05, 4.69) is 45.9 Å². The van der Waals surface area contributed by atoms with Crippen molar-refractivity contribution in [2.45, 2.75) is 56.8 Å². The summed E-state index contributed by atoms with van der Waals surface area (Å²) in [6.45, 7) is 3.22. The van der Waals surface area contributed by atoms with E-state index >= 15 is 0 Å². The van der Waals surface area contributed by atoms with E-state index in [0.29, 0.717) is 12.2 Å². The number of hydrogen-bond donors (Lipinski definition) is 1. The van der Waals surface area contributed by atoms with E-state index in [1.165, 1.54) is 16.0 Å². The lowest BCUT2D eigenvalue weighted by Gasteiger charge is -2.42. The number of alkyl halides is 1. The maximum absolute atomic E-state index is 14.7. The SMILES string of the molecule is O=C(c1ncn([C@H]2CCCC[C@@H]2N(CCCl)C(=O)O)c1-c1ccccc1)N1CCN(Cc2ccccc2)C[C@H]1Cc1ccccc1. The Morgan fingerprint density at radius 3 is 2.20 bits per heavy atom. The smallest absolute Gasteiger partial charge is 0.407 e. The third-order valence-electron chi connectivity index (χ3n) is 9.46. The van der Waals surface area contributed by atoms with E-state index < -0.39 is 6.09 Å². The second-order valence-corrected chi connectivity index (χ2v) is 12.7. The maximum Gasteiger partial charge on any atom is 0.407 e. The van der Waals surface area contributed by atoms with Crippen molar-refractivity contribution < 1.29 is 14.7 Å². The van der Waals surface area contributed by atoms with Gasteiger partial charge < -0.3 is 19.5 Å². The van der Waals surface area contributed by atoms with Crippen LogP contribution in [0.1, 0.15) is 53.3 Å². The Balaban J connectivity index is 1.35. The van der Waals surface area contributed by atoms with Crippen LogP contribution in [0.2, 0.25) is 0 Å². The van der Waals surface area contributed by atoms with Gasteiger partial charge in [0.15, 0.2) is 5.69 Å². The molecule has 2 amide bonds. The van der Waals surface area contributed by atoms with Gasteiger partial charge in [0, 0.05) is 50.2 Å². The molecule has 2 fully saturated rings. The maximum atomic E-state index is 14.7. The molecule has 0 spiro atoms. The molecule has 0 unspecified atom stereocenters. The fourth-order valence-corrected chi connectivity index (χ4v) is 7.48. The first-order chi connectivity index (χ1) is 22.5. The van der Waals surface area contributed by atoms with E-state index in [4.69, 9.17) is 16.6 Å². The van der Waals surface area contributed by atoms with Crippen molar-refractivity contribution in [1.82, 2.24) is 24.3 Å². The predicted molar refractivity (Wildman–Crippen MR) is 181 cm³/mol. The molecule has 3 atom stereocenters. The summed E-state index contributed by atoms with van der Waals surface area (Å²) in [4.78, 5) is 37.8. The molecule has 1 saturated heterocycles. The average molecular weight is 640 g/mol. The minimum atomic E-state index is -0.965. The molecule has 8 nitrogen and oxygen atoms in total. The van der Waals surface area contributed by atoms with E-state index in [0.717, 1.165) is 63.0 Å². The van der Waals surface area contributed by atoms with Gasteiger partial charge >= 0.3 is 6.09 Å². The van der Waals surface area contributed by atoms with Gasteiger partial charge in [0.1, 0.15) is 0 Å². The lowest BCUT2D eigenvalue weighted by atomic mass is 9.88. The fourth-order valence-electron chi connectivity index (χ4n) is 7.29. The summed E-state index contributed by atoms with van der Waals surface area (Å²) in [5.74, 6) is 0.148. The van der Waals surface area contributed by atoms with Crippen LogP contribution in [0.15, 0.2) is 97.3 Å². The second-order valence-electron chi connectivity index (χ2n) is 12.4. The summed E-state index contributed by atoms with van der Waals surface area (Å²) in [5.41, 5.74) is 4.53. The van der Waals surface area contributed by atoms with Crippen LogP contribution in [-0.4, -0.2) is 85.5 Å². The summed E-state index contributed by atoms with van der Waals surface area (Å²) in [6, 6.07) is 30.3. The molecule has 9 heteroatoms. The Hall–Kier alpha value is -4.14. The highest BCUT2D eigenvalue weighted by Gasteiger charge is 2.38.